The number of rotatable bonds is 6. The molecule has 0 spiro atoms. The number of hydrogen-bond donors (Lipinski definition) is 1. The molecule has 4 rings (SSSR count). The average molecular weight is 397 g/mol. The van der Waals surface area contributed by atoms with Gasteiger partial charge in [-0.3, -0.25) is 4.79 Å². The Labute approximate surface area is 166 Å². The third kappa shape index (κ3) is 4.50. The fourth-order valence-electron chi connectivity index (χ4n) is 3.24. The van der Waals surface area contributed by atoms with Crippen molar-refractivity contribution in [3.8, 4) is 17.2 Å². The summed E-state index contributed by atoms with van der Waals surface area (Å²) in [5.41, 5.74) is 0.764. The minimum absolute atomic E-state index is 0.0291. The molecule has 0 aliphatic carbocycles. The molecule has 1 atom stereocenters. The Morgan fingerprint density at radius 3 is 2.93 bits per heavy atom. The predicted octanol–water partition coefficient (Wildman–Crippen LogP) is 2.35. The van der Waals surface area contributed by atoms with Crippen molar-refractivity contribution in [1.82, 2.24) is 20.4 Å². The highest BCUT2D eigenvalue weighted by atomic mass is 19.1. The van der Waals surface area contributed by atoms with E-state index in [0.29, 0.717) is 24.0 Å². The molecule has 9 heteroatoms. The minimum Gasteiger partial charge on any atom is -0.484 e. The first kappa shape index (κ1) is 18.9. The highest BCUT2D eigenvalue weighted by Gasteiger charge is 2.27. The zero-order chi connectivity index (χ0) is 20.2. The number of nitrogens with one attached hydrogen (secondary N) is 1. The largest absolute Gasteiger partial charge is 0.484 e. The van der Waals surface area contributed by atoms with Gasteiger partial charge >= 0.3 is 0 Å². The van der Waals surface area contributed by atoms with Crippen LogP contribution in [0.4, 0.5) is 10.2 Å². The molecule has 1 amide bonds. The van der Waals surface area contributed by atoms with Crippen LogP contribution >= 0.6 is 0 Å². The monoisotopic (exact) mass is 397 g/mol. The van der Waals surface area contributed by atoms with Crippen LogP contribution < -0.4 is 15.0 Å². The van der Waals surface area contributed by atoms with Crippen molar-refractivity contribution in [3.05, 3.63) is 54.2 Å². The SMILES string of the molecule is Cc1noc(-c2cccnc2N2CCC(NC(=O)COc3ccc(F)cc3)C2)n1. The molecule has 29 heavy (non-hydrogen) atoms. The lowest BCUT2D eigenvalue weighted by atomic mass is 10.2. The van der Waals surface area contributed by atoms with Crippen LogP contribution in [0.25, 0.3) is 11.5 Å². The molecule has 1 fully saturated rings. The maximum Gasteiger partial charge on any atom is 0.261 e. The number of carbonyl (C=O) groups is 1. The molecule has 1 saturated heterocycles. The van der Waals surface area contributed by atoms with Gasteiger partial charge in [-0.25, -0.2) is 9.37 Å². The van der Waals surface area contributed by atoms with E-state index in [0.717, 1.165) is 24.3 Å². The van der Waals surface area contributed by atoms with Gasteiger partial charge in [0, 0.05) is 25.3 Å². The Balaban J connectivity index is 1.35. The molecule has 1 N–H and O–H groups in total. The molecule has 1 aliphatic rings. The van der Waals surface area contributed by atoms with E-state index in [1.165, 1.54) is 24.3 Å². The number of aromatic nitrogens is 3. The van der Waals surface area contributed by atoms with Crippen LogP contribution in [0.3, 0.4) is 0 Å². The Bertz CT molecular complexity index is 992. The highest BCUT2D eigenvalue weighted by molar-refractivity contribution is 5.78. The summed E-state index contributed by atoms with van der Waals surface area (Å²) in [6, 6.07) is 9.23. The Kier molecular flexibility index (Phi) is 5.37. The lowest BCUT2D eigenvalue weighted by Crippen LogP contribution is -2.39. The van der Waals surface area contributed by atoms with Crippen LogP contribution in [0.5, 0.6) is 5.75 Å². The summed E-state index contributed by atoms with van der Waals surface area (Å²) in [5.74, 6) is 1.60. The molecule has 1 aliphatic heterocycles. The first-order chi connectivity index (χ1) is 14.1. The molecule has 3 aromatic rings. The third-order valence-corrected chi connectivity index (χ3v) is 4.58. The Hall–Kier alpha value is -3.49. The van der Waals surface area contributed by atoms with Gasteiger partial charge in [0.15, 0.2) is 12.4 Å². The van der Waals surface area contributed by atoms with Crippen molar-refractivity contribution < 1.29 is 18.4 Å². The Morgan fingerprint density at radius 2 is 2.17 bits per heavy atom. The normalized spacial score (nSPS) is 16.1. The number of carbonyl (C=O) groups excluding carboxylic acids is 1. The molecule has 3 heterocycles. The van der Waals surface area contributed by atoms with Crippen LogP contribution in [-0.2, 0) is 4.79 Å². The molecule has 0 bridgehead atoms. The van der Waals surface area contributed by atoms with E-state index >= 15 is 0 Å². The molecule has 1 aromatic carbocycles. The number of ether oxygens (including phenoxy) is 1. The van der Waals surface area contributed by atoms with Crippen molar-refractivity contribution in [3.63, 3.8) is 0 Å². The smallest absolute Gasteiger partial charge is 0.261 e. The summed E-state index contributed by atoms with van der Waals surface area (Å²) in [6.07, 6.45) is 2.49. The zero-order valence-corrected chi connectivity index (χ0v) is 15.8. The number of benzene rings is 1. The number of nitrogens with zero attached hydrogens (tertiary/aromatic N) is 4. The number of halogens is 1. The van der Waals surface area contributed by atoms with E-state index in [1.54, 1.807) is 13.1 Å². The second-order valence-electron chi connectivity index (χ2n) is 6.76. The molecule has 8 nitrogen and oxygen atoms in total. The van der Waals surface area contributed by atoms with Crippen molar-refractivity contribution >= 4 is 11.7 Å². The average Bonchev–Trinajstić information content (AvgIpc) is 3.36. The van der Waals surface area contributed by atoms with Crippen LogP contribution in [0.2, 0.25) is 0 Å². The van der Waals surface area contributed by atoms with Gasteiger partial charge < -0.3 is 19.5 Å². The van der Waals surface area contributed by atoms with Gasteiger partial charge in [0.25, 0.3) is 11.8 Å². The quantitative estimate of drug-likeness (QED) is 0.682. The summed E-state index contributed by atoms with van der Waals surface area (Å²) in [7, 11) is 0. The second-order valence-corrected chi connectivity index (χ2v) is 6.76. The van der Waals surface area contributed by atoms with E-state index < -0.39 is 0 Å². The van der Waals surface area contributed by atoms with E-state index in [2.05, 4.69) is 25.3 Å². The number of amides is 1. The Morgan fingerprint density at radius 1 is 1.34 bits per heavy atom. The first-order valence-corrected chi connectivity index (χ1v) is 9.27. The van der Waals surface area contributed by atoms with E-state index in [-0.39, 0.29) is 24.4 Å². The van der Waals surface area contributed by atoms with Crippen LogP contribution in [-0.4, -0.2) is 46.8 Å². The molecule has 0 saturated carbocycles. The lowest BCUT2D eigenvalue weighted by molar-refractivity contribution is -0.123. The van der Waals surface area contributed by atoms with Gasteiger partial charge in [-0.1, -0.05) is 5.16 Å². The van der Waals surface area contributed by atoms with Gasteiger partial charge in [0.2, 0.25) is 0 Å². The minimum atomic E-state index is -0.350. The fourth-order valence-corrected chi connectivity index (χ4v) is 3.24. The van der Waals surface area contributed by atoms with Gasteiger partial charge in [-0.05, 0) is 49.7 Å². The van der Waals surface area contributed by atoms with Gasteiger partial charge in [-0.15, -0.1) is 0 Å². The lowest BCUT2D eigenvalue weighted by Gasteiger charge is -2.19. The van der Waals surface area contributed by atoms with Crippen molar-refractivity contribution in [2.75, 3.05) is 24.6 Å². The predicted molar refractivity (Wildman–Crippen MR) is 103 cm³/mol. The van der Waals surface area contributed by atoms with Crippen molar-refractivity contribution in [1.29, 1.82) is 0 Å². The van der Waals surface area contributed by atoms with Gasteiger partial charge in [0.1, 0.15) is 17.4 Å². The number of aryl methyl sites for hydroxylation is 1. The number of hydrogen-bond acceptors (Lipinski definition) is 7. The fraction of sp³-hybridized carbons (Fsp3) is 0.300. The summed E-state index contributed by atoms with van der Waals surface area (Å²) in [4.78, 5) is 23.0. The zero-order valence-electron chi connectivity index (χ0n) is 15.8. The van der Waals surface area contributed by atoms with Gasteiger partial charge in [0.05, 0.1) is 5.56 Å². The van der Waals surface area contributed by atoms with E-state index in [4.69, 9.17) is 9.26 Å². The molecule has 0 radical (unpaired) electrons. The first-order valence-electron chi connectivity index (χ1n) is 9.27. The molecule has 1 unspecified atom stereocenters. The standard InChI is InChI=1S/C20H20FN5O3/c1-13-23-20(29-25-13)17-3-2-9-22-19(17)26-10-8-15(11-26)24-18(27)12-28-16-6-4-14(21)5-7-16/h2-7,9,15H,8,10-12H2,1H3,(H,24,27). The molecule has 150 valence electrons. The van der Waals surface area contributed by atoms with Crippen LogP contribution in [0.15, 0.2) is 47.1 Å². The molecular weight excluding hydrogens is 377 g/mol. The van der Waals surface area contributed by atoms with Crippen molar-refractivity contribution in [2.45, 2.75) is 19.4 Å². The van der Waals surface area contributed by atoms with E-state index in [9.17, 15) is 9.18 Å². The summed E-state index contributed by atoms with van der Waals surface area (Å²) >= 11 is 0. The second kappa shape index (κ2) is 8.26. The van der Waals surface area contributed by atoms with E-state index in [1.807, 2.05) is 12.1 Å². The van der Waals surface area contributed by atoms with Gasteiger partial charge in [-0.2, -0.15) is 4.98 Å². The van der Waals surface area contributed by atoms with Crippen molar-refractivity contribution in [2.24, 2.45) is 0 Å². The summed E-state index contributed by atoms with van der Waals surface area (Å²) < 4.78 is 23.6. The summed E-state index contributed by atoms with van der Waals surface area (Å²) in [6.45, 7) is 2.98. The maximum atomic E-state index is 12.9. The third-order valence-electron chi connectivity index (χ3n) is 4.58. The molecular formula is C20H20FN5O3. The molecule has 2 aromatic heterocycles. The highest BCUT2D eigenvalue weighted by Crippen LogP contribution is 2.29. The van der Waals surface area contributed by atoms with Crippen LogP contribution in [0.1, 0.15) is 12.2 Å². The summed E-state index contributed by atoms with van der Waals surface area (Å²) in [5, 5.41) is 6.81. The number of anilines is 1. The topological polar surface area (TPSA) is 93.4 Å². The van der Waals surface area contributed by atoms with Crippen LogP contribution in [0, 0.1) is 12.7 Å². The maximum absolute atomic E-state index is 12.9. The number of pyridine rings is 1.